The van der Waals surface area contributed by atoms with Gasteiger partial charge in [0.15, 0.2) is 0 Å². The molecule has 70 valence electrons. The number of hydrogen-bond donors (Lipinski definition) is 2. The minimum Gasteiger partial charge on any atom is -0.290 e. The lowest BCUT2D eigenvalue weighted by atomic mass is 10.3. The lowest BCUT2D eigenvalue weighted by molar-refractivity contribution is 0.0953. The van der Waals surface area contributed by atoms with Crippen LogP contribution in [0.2, 0.25) is 0 Å². The van der Waals surface area contributed by atoms with Gasteiger partial charge in [-0.05, 0) is 6.66 Å². The molecule has 1 unspecified atom stereocenters. The third-order valence-corrected chi connectivity index (χ3v) is 2.10. The monoisotopic (exact) mass is 198 g/mol. The number of hydrogen-bond acceptors (Lipinski definition) is 4. The van der Waals surface area contributed by atoms with E-state index in [1.807, 2.05) is 5.43 Å². The van der Waals surface area contributed by atoms with Gasteiger partial charge in [0, 0.05) is 18.6 Å². The molecule has 0 radical (unpaired) electrons. The molecule has 13 heavy (non-hydrogen) atoms. The van der Waals surface area contributed by atoms with Gasteiger partial charge in [0.1, 0.15) is 5.82 Å². The number of carbonyl (C=O) groups excluding carboxylic acids is 1. The van der Waals surface area contributed by atoms with Gasteiger partial charge in [-0.25, -0.2) is 15.8 Å². The lowest BCUT2D eigenvalue weighted by Crippen LogP contribution is -2.30. The zero-order valence-corrected chi connectivity index (χ0v) is 8.24. The fraction of sp³-hybridized carbons (Fsp3) is 0.286. The zero-order valence-electron chi connectivity index (χ0n) is 7.24. The topological polar surface area (TPSA) is 80.9 Å². The second-order valence-electron chi connectivity index (χ2n) is 2.39. The first-order chi connectivity index (χ1) is 6.27. The van der Waals surface area contributed by atoms with Gasteiger partial charge in [0.25, 0.3) is 5.91 Å². The first kappa shape index (κ1) is 10.0. The highest BCUT2D eigenvalue weighted by Crippen LogP contribution is 2.09. The smallest absolute Gasteiger partial charge is 0.268 e. The normalized spacial score (nSPS) is 10.6. The number of nitrogens with zero attached hydrogens (tertiary/aromatic N) is 2. The second-order valence-corrected chi connectivity index (χ2v) is 3.45. The maximum absolute atomic E-state index is 11.0. The summed E-state index contributed by atoms with van der Waals surface area (Å²) >= 11 is 0. The van der Waals surface area contributed by atoms with E-state index in [1.54, 1.807) is 0 Å². The molecule has 1 heterocycles. The molecule has 0 aliphatic heterocycles. The Morgan fingerprint density at radius 2 is 2.23 bits per heavy atom. The molecule has 0 saturated carbocycles. The number of nitrogens with one attached hydrogen (secondary N) is 1. The molecule has 1 rings (SSSR count). The van der Waals surface area contributed by atoms with Gasteiger partial charge in [-0.2, -0.15) is 0 Å². The summed E-state index contributed by atoms with van der Waals surface area (Å²) in [7, 11) is 0.777. The molecule has 0 aromatic carbocycles. The number of rotatable bonds is 3. The van der Waals surface area contributed by atoms with E-state index in [2.05, 4.69) is 16.6 Å². The van der Waals surface area contributed by atoms with Crippen LogP contribution < -0.4 is 11.3 Å². The molecule has 0 fully saturated rings. The molecule has 0 aliphatic carbocycles. The molecule has 3 N–H and O–H groups in total. The van der Waals surface area contributed by atoms with Crippen molar-refractivity contribution in [2.24, 2.45) is 5.84 Å². The summed E-state index contributed by atoms with van der Waals surface area (Å²) in [6.45, 7) is 2.07. The number of nitrogen functional groups attached to an aromatic ring is 1. The third-order valence-electron chi connectivity index (χ3n) is 1.43. The first-order valence-electron chi connectivity index (χ1n) is 3.74. The number of hydrazine groups is 1. The molecule has 1 atom stereocenters. The molecule has 0 aliphatic rings. The van der Waals surface area contributed by atoms with Crippen LogP contribution in [0, 0.1) is 0 Å². The minimum absolute atomic E-state index is 0.370. The summed E-state index contributed by atoms with van der Waals surface area (Å²) in [5.74, 6) is 5.34. The van der Waals surface area contributed by atoms with Gasteiger partial charge in [0.2, 0.25) is 0 Å². The predicted octanol–water partition coefficient (Wildman–Crippen LogP) is -0.112. The van der Waals surface area contributed by atoms with Crippen LogP contribution in [-0.2, 0) is 6.16 Å². The Bertz CT molecular complexity index is 287. The molecule has 5 nitrogen and oxygen atoms in total. The van der Waals surface area contributed by atoms with Crippen molar-refractivity contribution in [1.29, 1.82) is 0 Å². The van der Waals surface area contributed by atoms with Gasteiger partial charge < -0.3 is 0 Å². The summed E-state index contributed by atoms with van der Waals surface area (Å²) < 4.78 is 0. The standard InChI is InChI=1S/C7H11N4OP/c1-13-4-6-9-2-5(3-10-6)7(12)11-8/h2-3,13H,4,8H2,1H3,(H,11,12). The van der Waals surface area contributed by atoms with Gasteiger partial charge in [-0.1, -0.05) is 0 Å². The number of amides is 1. The average Bonchev–Trinajstić information content (AvgIpc) is 2.18. The van der Waals surface area contributed by atoms with E-state index in [9.17, 15) is 4.79 Å². The Kier molecular flexibility index (Phi) is 3.73. The summed E-state index contributed by atoms with van der Waals surface area (Å²) in [5, 5.41) is 0. The van der Waals surface area contributed by atoms with E-state index < -0.39 is 0 Å². The lowest BCUT2D eigenvalue weighted by Gasteiger charge is -1.99. The zero-order chi connectivity index (χ0) is 9.68. The van der Waals surface area contributed by atoms with Crippen molar-refractivity contribution in [2.45, 2.75) is 6.16 Å². The summed E-state index contributed by atoms with van der Waals surface area (Å²) in [6, 6.07) is 0. The summed E-state index contributed by atoms with van der Waals surface area (Å²) in [4.78, 5) is 19.0. The van der Waals surface area contributed by atoms with Crippen molar-refractivity contribution in [3.63, 3.8) is 0 Å². The van der Waals surface area contributed by atoms with Gasteiger partial charge in [0.05, 0.1) is 5.56 Å². The van der Waals surface area contributed by atoms with Gasteiger partial charge in [-0.15, -0.1) is 8.58 Å². The largest absolute Gasteiger partial charge is 0.290 e. The van der Waals surface area contributed by atoms with Crippen molar-refractivity contribution >= 4 is 14.5 Å². The van der Waals surface area contributed by atoms with E-state index >= 15 is 0 Å². The molecule has 0 saturated heterocycles. The van der Waals surface area contributed by atoms with Gasteiger partial charge >= 0.3 is 0 Å². The SMILES string of the molecule is CPCc1ncc(C(=O)NN)cn1. The van der Waals surface area contributed by atoms with Crippen LogP contribution in [-0.4, -0.2) is 22.5 Å². The molecule has 1 aromatic heterocycles. The van der Waals surface area contributed by atoms with Crippen molar-refractivity contribution in [2.75, 3.05) is 6.66 Å². The molecule has 6 heteroatoms. The Balaban J connectivity index is 2.75. The number of carbonyl (C=O) groups is 1. The minimum atomic E-state index is -0.370. The maximum atomic E-state index is 11.0. The van der Waals surface area contributed by atoms with Crippen molar-refractivity contribution in [3.8, 4) is 0 Å². The quantitative estimate of drug-likeness (QED) is 0.307. The molecular weight excluding hydrogens is 187 g/mol. The number of nitrogens with two attached hydrogens (primary N) is 1. The highest BCUT2D eigenvalue weighted by molar-refractivity contribution is 7.36. The van der Waals surface area contributed by atoms with Crippen molar-refractivity contribution in [1.82, 2.24) is 15.4 Å². The van der Waals surface area contributed by atoms with Crippen LogP contribution >= 0.6 is 8.58 Å². The Morgan fingerprint density at radius 3 is 2.69 bits per heavy atom. The van der Waals surface area contributed by atoms with Crippen molar-refractivity contribution < 1.29 is 4.79 Å². The van der Waals surface area contributed by atoms with Gasteiger partial charge in [-0.3, -0.25) is 10.2 Å². The Morgan fingerprint density at radius 1 is 1.62 bits per heavy atom. The van der Waals surface area contributed by atoms with Crippen LogP contribution in [0.15, 0.2) is 12.4 Å². The van der Waals surface area contributed by atoms with Crippen LogP contribution in [0.5, 0.6) is 0 Å². The van der Waals surface area contributed by atoms with E-state index in [1.165, 1.54) is 12.4 Å². The molecule has 1 aromatic rings. The first-order valence-corrected chi connectivity index (χ1v) is 5.45. The molecule has 0 bridgehead atoms. The average molecular weight is 198 g/mol. The number of aromatic nitrogens is 2. The molecule has 1 amide bonds. The van der Waals surface area contributed by atoms with Crippen LogP contribution in [0.4, 0.5) is 0 Å². The van der Waals surface area contributed by atoms with E-state index in [-0.39, 0.29) is 5.91 Å². The van der Waals surface area contributed by atoms with Crippen molar-refractivity contribution in [3.05, 3.63) is 23.8 Å². The van der Waals surface area contributed by atoms with E-state index in [0.717, 1.165) is 20.6 Å². The Labute approximate surface area is 77.9 Å². The maximum Gasteiger partial charge on any atom is 0.268 e. The highest BCUT2D eigenvalue weighted by atomic mass is 31.1. The molecular formula is C7H11N4OP. The third kappa shape index (κ3) is 2.72. The summed E-state index contributed by atoms with van der Waals surface area (Å²) in [6.07, 6.45) is 3.81. The highest BCUT2D eigenvalue weighted by Gasteiger charge is 2.03. The van der Waals surface area contributed by atoms with Crippen LogP contribution in [0.25, 0.3) is 0 Å². The van der Waals surface area contributed by atoms with Crippen LogP contribution in [0.1, 0.15) is 16.2 Å². The fourth-order valence-electron chi connectivity index (χ4n) is 0.805. The fourth-order valence-corrected chi connectivity index (χ4v) is 1.30. The van der Waals surface area contributed by atoms with Crippen LogP contribution in [0.3, 0.4) is 0 Å². The molecule has 0 spiro atoms. The Hall–Kier alpha value is -1.06. The second kappa shape index (κ2) is 4.84. The predicted molar refractivity (Wildman–Crippen MR) is 51.6 cm³/mol. The van der Waals surface area contributed by atoms with E-state index in [0.29, 0.717) is 5.56 Å². The van der Waals surface area contributed by atoms with E-state index in [4.69, 9.17) is 5.84 Å². The summed E-state index contributed by atoms with van der Waals surface area (Å²) in [5.41, 5.74) is 2.40.